The van der Waals surface area contributed by atoms with Gasteiger partial charge in [-0.2, -0.15) is 0 Å². The van der Waals surface area contributed by atoms with Gasteiger partial charge in [-0.15, -0.1) is 0 Å². The molecule has 7 heteroatoms. The molecule has 1 aromatic rings. The van der Waals surface area contributed by atoms with Crippen LogP contribution in [0.1, 0.15) is 13.3 Å². The molecule has 1 rings (SSSR count). The molecule has 0 aliphatic rings. The summed E-state index contributed by atoms with van der Waals surface area (Å²) in [5, 5.41) is 22.7. The third-order valence-corrected chi connectivity index (χ3v) is 2.65. The summed E-state index contributed by atoms with van der Waals surface area (Å²) in [5.41, 5.74) is 0. The Hall–Kier alpha value is -2.28. The molecule has 4 N–H and O–H groups in total. The van der Waals surface area contributed by atoms with Crippen molar-refractivity contribution in [2.45, 2.75) is 25.5 Å². The van der Waals surface area contributed by atoms with Crippen molar-refractivity contribution in [3.8, 4) is 5.75 Å². The van der Waals surface area contributed by atoms with Gasteiger partial charge in [-0.05, 0) is 25.5 Å². The molecule has 0 aliphatic carbocycles. The molecule has 2 amide bonds. The average molecular weight is 296 g/mol. The van der Waals surface area contributed by atoms with Crippen molar-refractivity contribution in [3.05, 3.63) is 30.3 Å². The topological polar surface area (TPSA) is 108 Å². The fourth-order valence-corrected chi connectivity index (χ4v) is 1.56. The van der Waals surface area contributed by atoms with E-state index >= 15 is 0 Å². The molecule has 0 spiro atoms. The lowest BCUT2D eigenvalue weighted by molar-refractivity contribution is -0.141. The Kier molecular flexibility index (Phi) is 7.03. The Morgan fingerprint density at radius 2 is 1.95 bits per heavy atom. The van der Waals surface area contributed by atoms with Crippen molar-refractivity contribution in [3.63, 3.8) is 0 Å². The Labute approximate surface area is 122 Å². The number of benzene rings is 1. The third-order valence-electron chi connectivity index (χ3n) is 2.65. The van der Waals surface area contributed by atoms with Gasteiger partial charge in [-0.1, -0.05) is 18.2 Å². The number of carbonyl (C=O) groups is 2. The van der Waals surface area contributed by atoms with Gasteiger partial charge in [-0.3, -0.25) is 0 Å². The van der Waals surface area contributed by atoms with E-state index in [1.807, 2.05) is 30.3 Å². The number of aliphatic carboxylic acids is 1. The molecule has 0 aromatic heterocycles. The summed E-state index contributed by atoms with van der Waals surface area (Å²) < 4.78 is 5.44. The Bertz CT molecular complexity index is 450. The zero-order valence-corrected chi connectivity index (χ0v) is 11.8. The van der Waals surface area contributed by atoms with E-state index in [1.54, 1.807) is 0 Å². The lowest BCUT2D eigenvalue weighted by Gasteiger charge is -2.17. The van der Waals surface area contributed by atoms with Crippen LogP contribution in [0.25, 0.3) is 0 Å². The van der Waals surface area contributed by atoms with E-state index < -0.39 is 24.1 Å². The van der Waals surface area contributed by atoms with Crippen LogP contribution in [0.3, 0.4) is 0 Å². The minimum absolute atomic E-state index is 0.338. The molecule has 116 valence electrons. The Balaban J connectivity index is 2.17. The highest BCUT2D eigenvalue weighted by Crippen LogP contribution is 2.07. The number of amides is 2. The van der Waals surface area contributed by atoms with E-state index in [0.29, 0.717) is 19.6 Å². The van der Waals surface area contributed by atoms with Crippen LogP contribution in [0.2, 0.25) is 0 Å². The van der Waals surface area contributed by atoms with Crippen molar-refractivity contribution in [2.24, 2.45) is 0 Å². The van der Waals surface area contributed by atoms with E-state index in [2.05, 4.69) is 10.6 Å². The standard InChI is InChI=1S/C14H20N2O5/c1-10(17)12(13(18)19)16-14(20)15-8-5-9-21-11-6-3-2-4-7-11/h2-4,6-7,10,12,17H,5,8-9H2,1H3,(H,18,19)(H2,15,16,20). The van der Waals surface area contributed by atoms with Gasteiger partial charge in [0.2, 0.25) is 0 Å². The summed E-state index contributed by atoms with van der Waals surface area (Å²) >= 11 is 0. The number of hydrogen-bond acceptors (Lipinski definition) is 4. The molecular formula is C14H20N2O5. The summed E-state index contributed by atoms with van der Waals surface area (Å²) in [6.07, 6.45) is -0.594. The van der Waals surface area contributed by atoms with Gasteiger partial charge in [-0.25, -0.2) is 9.59 Å². The second-order valence-electron chi connectivity index (χ2n) is 4.47. The number of para-hydroxylation sites is 1. The van der Waals surface area contributed by atoms with E-state index in [-0.39, 0.29) is 0 Å². The van der Waals surface area contributed by atoms with Gasteiger partial charge >= 0.3 is 12.0 Å². The van der Waals surface area contributed by atoms with Crippen LogP contribution in [0.5, 0.6) is 5.75 Å². The van der Waals surface area contributed by atoms with Gasteiger partial charge in [0.15, 0.2) is 6.04 Å². The summed E-state index contributed by atoms with van der Waals surface area (Å²) in [6, 6.07) is 7.32. The first-order valence-electron chi connectivity index (χ1n) is 6.64. The van der Waals surface area contributed by atoms with Crippen molar-refractivity contribution >= 4 is 12.0 Å². The van der Waals surface area contributed by atoms with Gasteiger partial charge < -0.3 is 25.6 Å². The molecule has 1 aromatic carbocycles. The van der Waals surface area contributed by atoms with Crippen LogP contribution in [0.4, 0.5) is 4.79 Å². The molecule has 0 saturated carbocycles. The van der Waals surface area contributed by atoms with Crippen molar-refractivity contribution in [1.82, 2.24) is 10.6 Å². The Morgan fingerprint density at radius 1 is 1.29 bits per heavy atom. The van der Waals surface area contributed by atoms with E-state index in [1.165, 1.54) is 6.92 Å². The highest BCUT2D eigenvalue weighted by Gasteiger charge is 2.24. The number of nitrogens with one attached hydrogen (secondary N) is 2. The first-order chi connectivity index (χ1) is 10.0. The number of aliphatic hydroxyl groups is 1. The number of aliphatic hydroxyl groups excluding tert-OH is 1. The first-order valence-corrected chi connectivity index (χ1v) is 6.64. The molecule has 0 saturated heterocycles. The minimum Gasteiger partial charge on any atom is -0.494 e. The molecule has 21 heavy (non-hydrogen) atoms. The number of carboxylic acids is 1. The number of ether oxygens (including phenoxy) is 1. The smallest absolute Gasteiger partial charge is 0.328 e. The van der Waals surface area contributed by atoms with E-state index in [9.17, 15) is 14.7 Å². The second-order valence-corrected chi connectivity index (χ2v) is 4.47. The number of carbonyl (C=O) groups excluding carboxylic acids is 1. The van der Waals surface area contributed by atoms with Crippen LogP contribution in [0, 0.1) is 0 Å². The maximum atomic E-state index is 11.5. The fraction of sp³-hybridized carbons (Fsp3) is 0.429. The molecule has 0 fully saturated rings. The number of carboxylic acid groups (broad SMARTS) is 1. The lowest BCUT2D eigenvalue weighted by Crippen LogP contribution is -2.51. The number of hydrogen-bond donors (Lipinski definition) is 4. The van der Waals surface area contributed by atoms with Crippen LogP contribution in [-0.2, 0) is 4.79 Å². The summed E-state index contributed by atoms with van der Waals surface area (Å²) in [5.74, 6) is -0.533. The second kappa shape index (κ2) is 8.80. The molecular weight excluding hydrogens is 276 g/mol. The normalized spacial score (nSPS) is 13.0. The number of rotatable bonds is 8. The van der Waals surface area contributed by atoms with Crippen LogP contribution in [-0.4, -0.2) is 47.5 Å². The molecule has 0 radical (unpaired) electrons. The summed E-state index contributed by atoms with van der Waals surface area (Å²) in [4.78, 5) is 22.2. The zero-order valence-electron chi connectivity index (χ0n) is 11.8. The van der Waals surface area contributed by atoms with Gasteiger partial charge in [0.25, 0.3) is 0 Å². The average Bonchev–Trinajstić information content (AvgIpc) is 2.45. The highest BCUT2D eigenvalue weighted by molar-refractivity contribution is 5.82. The third kappa shape index (κ3) is 6.62. The largest absolute Gasteiger partial charge is 0.494 e. The molecule has 0 aliphatic heterocycles. The van der Waals surface area contributed by atoms with E-state index in [4.69, 9.17) is 9.84 Å². The fourth-order valence-electron chi connectivity index (χ4n) is 1.56. The predicted octanol–water partition coefficient (Wildman–Crippen LogP) is 0.589. The predicted molar refractivity (Wildman–Crippen MR) is 76.2 cm³/mol. The van der Waals surface area contributed by atoms with Gasteiger partial charge in [0.1, 0.15) is 5.75 Å². The monoisotopic (exact) mass is 296 g/mol. The van der Waals surface area contributed by atoms with Crippen LogP contribution in [0.15, 0.2) is 30.3 Å². The molecule has 2 atom stereocenters. The first kappa shape index (κ1) is 16.8. The van der Waals surface area contributed by atoms with Crippen molar-refractivity contribution < 1.29 is 24.5 Å². The molecule has 7 nitrogen and oxygen atoms in total. The minimum atomic E-state index is -1.33. The molecule has 0 heterocycles. The Morgan fingerprint density at radius 3 is 2.52 bits per heavy atom. The highest BCUT2D eigenvalue weighted by atomic mass is 16.5. The van der Waals surface area contributed by atoms with Crippen LogP contribution >= 0.6 is 0 Å². The molecule has 0 bridgehead atoms. The zero-order chi connectivity index (χ0) is 15.7. The molecule has 2 unspecified atom stereocenters. The van der Waals surface area contributed by atoms with Crippen molar-refractivity contribution in [1.29, 1.82) is 0 Å². The van der Waals surface area contributed by atoms with Gasteiger partial charge in [0.05, 0.1) is 12.7 Å². The SMILES string of the molecule is CC(O)C(NC(=O)NCCCOc1ccccc1)C(=O)O. The van der Waals surface area contributed by atoms with E-state index in [0.717, 1.165) is 5.75 Å². The quantitative estimate of drug-likeness (QED) is 0.525. The van der Waals surface area contributed by atoms with Crippen molar-refractivity contribution in [2.75, 3.05) is 13.2 Å². The summed E-state index contributed by atoms with van der Waals surface area (Å²) in [6.45, 7) is 2.07. The summed E-state index contributed by atoms with van der Waals surface area (Å²) in [7, 11) is 0. The maximum Gasteiger partial charge on any atom is 0.328 e. The van der Waals surface area contributed by atoms with Gasteiger partial charge in [0, 0.05) is 6.54 Å². The number of urea groups is 1. The maximum absolute atomic E-state index is 11.5. The van der Waals surface area contributed by atoms with Crippen LogP contribution < -0.4 is 15.4 Å². The lowest BCUT2D eigenvalue weighted by atomic mass is 10.2.